The van der Waals surface area contributed by atoms with Crippen molar-refractivity contribution in [2.45, 2.75) is 4.21 Å². The van der Waals surface area contributed by atoms with Crippen molar-refractivity contribution in [3.05, 3.63) is 6.20 Å². The number of rotatable bonds is 5. The van der Waals surface area contributed by atoms with Gasteiger partial charge in [0, 0.05) is 12.3 Å². The van der Waals surface area contributed by atoms with Crippen LogP contribution in [0.3, 0.4) is 0 Å². The minimum atomic E-state index is -3.60. The fourth-order valence-electron chi connectivity index (χ4n) is 0.733. The summed E-state index contributed by atoms with van der Waals surface area (Å²) in [6, 6.07) is 0. The molecule has 1 aromatic rings. The molecule has 0 spiro atoms. The van der Waals surface area contributed by atoms with Crippen molar-refractivity contribution in [3.63, 3.8) is 0 Å². The van der Waals surface area contributed by atoms with Gasteiger partial charge in [-0.25, -0.2) is 18.5 Å². The number of sulfonamides is 1. The highest BCUT2D eigenvalue weighted by molar-refractivity contribution is 7.98. The molecule has 0 fully saturated rings. The molecule has 0 aliphatic rings. The molecule has 0 aliphatic carbocycles. The molecule has 8 heteroatoms. The summed E-state index contributed by atoms with van der Waals surface area (Å²) >= 11 is 2.75. The molecule has 0 aliphatic heterocycles. The van der Waals surface area contributed by atoms with Crippen molar-refractivity contribution in [2.24, 2.45) is 5.14 Å². The van der Waals surface area contributed by atoms with Gasteiger partial charge in [-0.05, 0) is 6.26 Å². The summed E-state index contributed by atoms with van der Waals surface area (Å²) in [4.78, 5) is 3.89. The van der Waals surface area contributed by atoms with Gasteiger partial charge in [0.2, 0.25) is 10.0 Å². The predicted octanol–water partition coefficient (Wildman–Crippen LogP) is 0.565. The summed E-state index contributed by atoms with van der Waals surface area (Å²) in [7, 11) is -3.60. The molecule has 0 bridgehead atoms. The molecule has 0 saturated heterocycles. The fourth-order valence-corrected chi connectivity index (χ4v) is 2.52. The number of nitrogens with one attached hydrogen (secondary N) is 1. The second-order valence-electron chi connectivity index (χ2n) is 2.45. The van der Waals surface area contributed by atoms with E-state index in [-0.39, 0.29) is 4.21 Å². The van der Waals surface area contributed by atoms with E-state index >= 15 is 0 Å². The molecule has 3 N–H and O–H groups in total. The third kappa shape index (κ3) is 3.45. The van der Waals surface area contributed by atoms with Crippen molar-refractivity contribution in [1.82, 2.24) is 4.98 Å². The minimum absolute atomic E-state index is 0.0872. The molecular formula is C6H11N3O2S3. The van der Waals surface area contributed by atoms with E-state index in [0.717, 1.165) is 23.6 Å². The van der Waals surface area contributed by atoms with Crippen molar-refractivity contribution < 1.29 is 8.42 Å². The Morgan fingerprint density at radius 2 is 2.43 bits per heavy atom. The molecular weight excluding hydrogens is 242 g/mol. The number of aromatic nitrogens is 1. The Bertz CT molecular complexity index is 387. The van der Waals surface area contributed by atoms with Gasteiger partial charge < -0.3 is 5.32 Å². The summed E-state index contributed by atoms with van der Waals surface area (Å²) in [6.07, 6.45) is 3.26. The van der Waals surface area contributed by atoms with Gasteiger partial charge in [0.1, 0.15) is 0 Å². The molecule has 0 unspecified atom stereocenters. The molecule has 0 radical (unpaired) electrons. The SMILES string of the molecule is CSCCNc1ncc(S(N)(=O)=O)s1. The monoisotopic (exact) mass is 253 g/mol. The smallest absolute Gasteiger partial charge is 0.249 e. The van der Waals surface area contributed by atoms with E-state index in [1.54, 1.807) is 11.8 Å². The third-order valence-electron chi connectivity index (χ3n) is 1.35. The molecule has 0 amide bonds. The molecule has 1 heterocycles. The first-order valence-corrected chi connectivity index (χ1v) is 7.51. The quantitative estimate of drug-likeness (QED) is 0.749. The fraction of sp³-hybridized carbons (Fsp3) is 0.500. The van der Waals surface area contributed by atoms with Crippen LogP contribution in [0, 0.1) is 0 Å². The predicted molar refractivity (Wildman–Crippen MR) is 60.4 cm³/mol. The second kappa shape index (κ2) is 4.96. The second-order valence-corrected chi connectivity index (χ2v) is 6.25. The average Bonchev–Trinajstić information content (AvgIpc) is 2.52. The van der Waals surface area contributed by atoms with Crippen LogP contribution in [-0.4, -0.2) is 32.0 Å². The highest BCUT2D eigenvalue weighted by Gasteiger charge is 2.11. The summed E-state index contributed by atoms with van der Waals surface area (Å²) in [6.45, 7) is 0.763. The number of nitrogens with zero attached hydrogens (tertiary/aromatic N) is 1. The van der Waals surface area contributed by atoms with Gasteiger partial charge in [-0.15, -0.1) is 0 Å². The lowest BCUT2D eigenvalue weighted by atomic mass is 10.7. The van der Waals surface area contributed by atoms with Crippen molar-refractivity contribution >= 4 is 38.3 Å². The lowest BCUT2D eigenvalue weighted by Crippen LogP contribution is -2.09. The van der Waals surface area contributed by atoms with Crippen LogP contribution in [0.1, 0.15) is 0 Å². The zero-order valence-corrected chi connectivity index (χ0v) is 10.0. The highest BCUT2D eigenvalue weighted by atomic mass is 32.2. The van der Waals surface area contributed by atoms with Gasteiger partial charge in [-0.2, -0.15) is 11.8 Å². The molecule has 1 aromatic heterocycles. The first-order valence-electron chi connectivity index (χ1n) is 3.75. The zero-order chi connectivity index (χ0) is 10.6. The van der Waals surface area contributed by atoms with Gasteiger partial charge in [0.25, 0.3) is 0 Å². The molecule has 14 heavy (non-hydrogen) atoms. The molecule has 0 atom stereocenters. The van der Waals surface area contributed by atoms with E-state index in [9.17, 15) is 8.42 Å². The summed E-state index contributed by atoms with van der Waals surface area (Å²) < 4.78 is 21.9. The van der Waals surface area contributed by atoms with Crippen LogP contribution in [0.2, 0.25) is 0 Å². The lowest BCUT2D eigenvalue weighted by molar-refractivity contribution is 0.599. The van der Waals surface area contributed by atoms with Crippen LogP contribution < -0.4 is 10.5 Å². The zero-order valence-electron chi connectivity index (χ0n) is 7.56. The normalized spacial score (nSPS) is 11.6. The Kier molecular flexibility index (Phi) is 4.17. The van der Waals surface area contributed by atoms with Crippen LogP contribution in [-0.2, 0) is 10.0 Å². The number of hydrogen-bond acceptors (Lipinski definition) is 6. The molecule has 1 rings (SSSR count). The van der Waals surface area contributed by atoms with Crippen LogP contribution >= 0.6 is 23.1 Å². The Balaban J connectivity index is 2.60. The van der Waals surface area contributed by atoms with Gasteiger partial charge in [0.05, 0.1) is 6.20 Å². The Morgan fingerprint density at radius 1 is 1.71 bits per heavy atom. The number of hydrogen-bond donors (Lipinski definition) is 2. The van der Waals surface area contributed by atoms with E-state index in [1.807, 2.05) is 6.26 Å². The summed E-state index contributed by atoms with van der Waals surface area (Å²) in [5.74, 6) is 0.949. The van der Waals surface area contributed by atoms with Gasteiger partial charge in [0.15, 0.2) is 9.34 Å². The van der Waals surface area contributed by atoms with E-state index in [2.05, 4.69) is 10.3 Å². The first-order chi connectivity index (χ1) is 6.54. The Hall–Kier alpha value is -0.310. The average molecular weight is 253 g/mol. The number of thiazole rings is 1. The van der Waals surface area contributed by atoms with E-state index in [4.69, 9.17) is 5.14 Å². The Morgan fingerprint density at radius 3 is 2.93 bits per heavy atom. The molecule has 0 saturated carbocycles. The number of primary sulfonamides is 1. The number of nitrogens with two attached hydrogens (primary N) is 1. The van der Waals surface area contributed by atoms with E-state index in [1.165, 1.54) is 6.20 Å². The molecule has 80 valence electrons. The number of anilines is 1. The van der Waals surface area contributed by atoms with Gasteiger partial charge >= 0.3 is 0 Å². The van der Waals surface area contributed by atoms with Crippen LogP contribution in [0.25, 0.3) is 0 Å². The maximum atomic E-state index is 10.9. The Labute approximate surface area is 91.2 Å². The number of thioether (sulfide) groups is 1. The van der Waals surface area contributed by atoms with Crippen LogP contribution in [0.4, 0.5) is 5.13 Å². The van der Waals surface area contributed by atoms with E-state index in [0.29, 0.717) is 5.13 Å². The largest absolute Gasteiger partial charge is 0.361 e. The third-order valence-corrected chi connectivity index (χ3v) is 4.32. The first kappa shape index (κ1) is 11.8. The summed E-state index contributed by atoms with van der Waals surface area (Å²) in [5, 5.41) is 8.53. The van der Waals surface area contributed by atoms with Crippen molar-refractivity contribution in [3.8, 4) is 0 Å². The maximum Gasteiger partial charge on any atom is 0.249 e. The van der Waals surface area contributed by atoms with Crippen LogP contribution in [0.5, 0.6) is 0 Å². The lowest BCUT2D eigenvalue weighted by Gasteiger charge is -1.98. The highest BCUT2D eigenvalue weighted by Crippen LogP contribution is 2.21. The van der Waals surface area contributed by atoms with Gasteiger partial charge in [-0.3, -0.25) is 0 Å². The standard InChI is InChI=1S/C6H11N3O2S3/c1-12-3-2-8-6-9-4-5(13-6)14(7,10)11/h4H,2-3H2,1H3,(H,8,9)(H2,7,10,11). The summed E-state index contributed by atoms with van der Waals surface area (Å²) in [5.41, 5.74) is 0. The topological polar surface area (TPSA) is 85.1 Å². The van der Waals surface area contributed by atoms with Crippen molar-refractivity contribution in [1.29, 1.82) is 0 Å². The van der Waals surface area contributed by atoms with Crippen LogP contribution in [0.15, 0.2) is 10.4 Å². The minimum Gasteiger partial charge on any atom is -0.361 e. The van der Waals surface area contributed by atoms with E-state index < -0.39 is 10.0 Å². The van der Waals surface area contributed by atoms with Gasteiger partial charge in [-0.1, -0.05) is 11.3 Å². The molecule has 0 aromatic carbocycles. The molecule has 5 nitrogen and oxygen atoms in total. The van der Waals surface area contributed by atoms with Crippen molar-refractivity contribution in [2.75, 3.05) is 23.9 Å². The maximum absolute atomic E-state index is 10.9.